The fourth-order valence-corrected chi connectivity index (χ4v) is 2.27. The molecule has 0 spiro atoms. The molecule has 1 fully saturated rings. The molecule has 0 amide bonds. The number of aromatic nitrogens is 3. The van der Waals surface area contributed by atoms with Crippen LogP contribution < -0.4 is 5.32 Å². The van der Waals surface area contributed by atoms with Gasteiger partial charge >= 0.3 is 0 Å². The highest BCUT2D eigenvalue weighted by Crippen LogP contribution is 2.19. The minimum absolute atomic E-state index is 0.726. The lowest BCUT2D eigenvalue weighted by Gasteiger charge is -2.11. The predicted molar refractivity (Wildman–Crippen MR) is 74.8 cm³/mol. The highest BCUT2D eigenvalue weighted by Gasteiger charge is 2.20. The Labute approximate surface area is 113 Å². The standard InChI is InChI=1S/C15H20N4/c1-2-12-4-3-7-17-15(12)10-19-11-16-8-14(19)9-18-13-5-6-13/h3-4,7-8,11,13,18H,2,5-6,9-10H2,1H3. The van der Waals surface area contributed by atoms with Crippen molar-refractivity contribution < 1.29 is 0 Å². The number of aryl methyl sites for hydroxylation is 1. The van der Waals surface area contributed by atoms with Crippen LogP contribution >= 0.6 is 0 Å². The lowest BCUT2D eigenvalue weighted by atomic mass is 10.1. The SMILES string of the molecule is CCc1cccnc1Cn1cncc1CNC1CC1. The quantitative estimate of drug-likeness (QED) is 0.861. The van der Waals surface area contributed by atoms with Gasteiger partial charge in [-0.1, -0.05) is 13.0 Å². The minimum Gasteiger partial charge on any atom is -0.327 e. The van der Waals surface area contributed by atoms with Crippen LogP contribution in [0.1, 0.15) is 36.7 Å². The van der Waals surface area contributed by atoms with Crippen molar-refractivity contribution in [2.45, 2.75) is 45.3 Å². The van der Waals surface area contributed by atoms with Gasteiger partial charge in [-0.05, 0) is 30.9 Å². The van der Waals surface area contributed by atoms with Crippen molar-refractivity contribution in [3.8, 4) is 0 Å². The van der Waals surface area contributed by atoms with Gasteiger partial charge in [-0.15, -0.1) is 0 Å². The minimum atomic E-state index is 0.726. The van der Waals surface area contributed by atoms with Gasteiger partial charge in [0.05, 0.1) is 24.3 Å². The number of pyridine rings is 1. The van der Waals surface area contributed by atoms with Crippen molar-refractivity contribution in [1.29, 1.82) is 0 Å². The molecule has 1 saturated carbocycles. The maximum Gasteiger partial charge on any atom is 0.0952 e. The van der Waals surface area contributed by atoms with Gasteiger partial charge in [0.15, 0.2) is 0 Å². The molecule has 0 unspecified atom stereocenters. The Morgan fingerprint density at radius 2 is 2.32 bits per heavy atom. The molecule has 0 saturated heterocycles. The summed E-state index contributed by atoms with van der Waals surface area (Å²) in [6.45, 7) is 3.88. The summed E-state index contributed by atoms with van der Waals surface area (Å²) in [6.07, 6.45) is 9.37. The monoisotopic (exact) mass is 256 g/mol. The average Bonchev–Trinajstić information content (AvgIpc) is 3.17. The molecule has 0 aliphatic heterocycles. The molecule has 0 radical (unpaired) electrons. The van der Waals surface area contributed by atoms with Crippen LogP contribution in [-0.4, -0.2) is 20.6 Å². The van der Waals surface area contributed by atoms with Crippen LogP contribution in [0.15, 0.2) is 30.9 Å². The molecule has 2 aromatic heterocycles. The van der Waals surface area contributed by atoms with Crippen LogP contribution in [0.2, 0.25) is 0 Å². The van der Waals surface area contributed by atoms with Gasteiger partial charge in [0, 0.05) is 25.0 Å². The summed E-state index contributed by atoms with van der Waals surface area (Å²) in [6, 6.07) is 4.89. The van der Waals surface area contributed by atoms with Crippen LogP contribution in [0.25, 0.3) is 0 Å². The first-order valence-corrected chi connectivity index (χ1v) is 7.02. The number of imidazole rings is 1. The van der Waals surface area contributed by atoms with Crippen molar-refractivity contribution in [1.82, 2.24) is 19.9 Å². The van der Waals surface area contributed by atoms with E-state index in [0.717, 1.165) is 31.2 Å². The van der Waals surface area contributed by atoms with Gasteiger partial charge in [-0.25, -0.2) is 4.98 Å². The first kappa shape index (κ1) is 12.4. The van der Waals surface area contributed by atoms with Gasteiger partial charge in [0.25, 0.3) is 0 Å². The Hall–Kier alpha value is -1.68. The Bertz CT molecular complexity index is 543. The Morgan fingerprint density at radius 1 is 1.42 bits per heavy atom. The summed E-state index contributed by atoms with van der Waals surface area (Å²) < 4.78 is 2.19. The number of nitrogens with zero attached hydrogens (tertiary/aromatic N) is 3. The second-order valence-electron chi connectivity index (χ2n) is 5.13. The largest absolute Gasteiger partial charge is 0.327 e. The molecule has 1 N–H and O–H groups in total. The lowest BCUT2D eigenvalue weighted by Crippen LogP contribution is -2.18. The number of rotatable bonds is 6. The third kappa shape index (κ3) is 3.01. The summed E-state index contributed by atoms with van der Waals surface area (Å²) in [5.41, 5.74) is 3.70. The van der Waals surface area contributed by atoms with E-state index in [0.29, 0.717) is 0 Å². The van der Waals surface area contributed by atoms with Crippen LogP contribution in [-0.2, 0) is 19.5 Å². The summed E-state index contributed by atoms with van der Waals surface area (Å²) in [7, 11) is 0. The first-order valence-electron chi connectivity index (χ1n) is 7.02. The highest BCUT2D eigenvalue weighted by atomic mass is 15.1. The third-order valence-corrected chi connectivity index (χ3v) is 3.63. The van der Waals surface area contributed by atoms with Gasteiger partial charge in [-0.3, -0.25) is 4.98 Å². The summed E-state index contributed by atoms with van der Waals surface area (Å²) in [5, 5.41) is 3.53. The molecular weight excluding hydrogens is 236 g/mol. The van der Waals surface area contributed by atoms with E-state index in [9.17, 15) is 0 Å². The maximum absolute atomic E-state index is 4.50. The van der Waals surface area contributed by atoms with Crippen LogP contribution in [0.4, 0.5) is 0 Å². The summed E-state index contributed by atoms with van der Waals surface area (Å²) in [4.78, 5) is 8.77. The number of nitrogens with one attached hydrogen (secondary N) is 1. The van der Waals surface area contributed by atoms with E-state index in [1.54, 1.807) is 0 Å². The van der Waals surface area contributed by atoms with Crippen molar-refractivity contribution in [3.63, 3.8) is 0 Å². The molecule has 100 valence electrons. The van der Waals surface area contributed by atoms with Gasteiger partial charge < -0.3 is 9.88 Å². The molecule has 0 bridgehead atoms. The molecule has 0 aromatic carbocycles. The first-order chi connectivity index (χ1) is 9.36. The maximum atomic E-state index is 4.50. The summed E-state index contributed by atoms with van der Waals surface area (Å²) >= 11 is 0. The second kappa shape index (κ2) is 5.53. The van der Waals surface area contributed by atoms with Gasteiger partial charge in [-0.2, -0.15) is 0 Å². The second-order valence-corrected chi connectivity index (χ2v) is 5.13. The molecule has 1 aliphatic rings. The molecule has 3 rings (SSSR count). The normalized spacial score (nSPS) is 14.8. The molecule has 0 atom stereocenters. The number of hydrogen-bond donors (Lipinski definition) is 1. The van der Waals surface area contributed by atoms with Crippen molar-refractivity contribution in [2.75, 3.05) is 0 Å². The molecule has 4 nitrogen and oxygen atoms in total. The molecule has 4 heteroatoms. The fraction of sp³-hybridized carbons (Fsp3) is 0.467. The molecule has 2 aromatic rings. The summed E-state index contributed by atoms with van der Waals surface area (Å²) in [5.74, 6) is 0. The third-order valence-electron chi connectivity index (χ3n) is 3.63. The molecule has 19 heavy (non-hydrogen) atoms. The average molecular weight is 256 g/mol. The van der Waals surface area contributed by atoms with E-state index in [1.807, 2.05) is 24.8 Å². The van der Waals surface area contributed by atoms with Crippen LogP contribution in [0.5, 0.6) is 0 Å². The zero-order valence-electron chi connectivity index (χ0n) is 11.3. The molecule has 2 heterocycles. The number of hydrogen-bond acceptors (Lipinski definition) is 3. The van der Waals surface area contributed by atoms with Crippen molar-refractivity contribution in [3.05, 3.63) is 47.8 Å². The van der Waals surface area contributed by atoms with Crippen LogP contribution in [0, 0.1) is 0 Å². The van der Waals surface area contributed by atoms with E-state index in [4.69, 9.17) is 0 Å². The Morgan fingerprint density at radius 3 is 3.11 bits per heavy atom. The predicted octanol–water partition coefficient (Wildman–Crippen LogP) is 2.14. The zero-order chi connectivity index (χ0) is 13.1. The van der Waals surface area contributed by atoms with E-state index < -0.39 is 0 Å². The van der Waals surface area contributed by atoms with E-state index >= 15 is 0 Å². The van der Waals surface area contributed by atoms with E-state index in [1.165, 1.54) is 24.1 Å². The Balaban J connectivity index is 1.73. The van der Waals surface area contributed by atoms with Gasteiger partial charge in [0.1, 0.15) is 0 Å². The van der Waals surface area contributed by atoms with Crippen molar-refractivity contribution in [2.24, 2.45) is 0 Å². The topological polar surface area (TPSA) is 42.7 Å². The highest BCUT2D eigenvalue weighted by molar-refractivity contribution is 5.20. The van der Waals surface area contributed by atoms with E-state index in [2.05, 4.69) is 32.8 Å². The Kier molecular flexibility index (Phi) is 3.60. The molecular formula is C15H20N4. The van der Waals surface area contributed by atoms with E-state index in [-0.39, 0.29) is 0 Å². The molecule has 1 aliphatic carbocycles. The lowest BCUT2D eigenvalue weighted by molar-refractivity contribution is 0.628. The zero-order valence-corrected chi connectivity index (χ0v) is 11.3. The fourth-order valence-electron chi connectivity index (χ4n) is 2.27. The smallest absolute Gasteiger partial charge is 0.0952 e. The van der Waals surface area contributed by atoms with Gasteiger partial charge in [0.2, 0.25) is 0 Å². The van der Waals surface area contributed by atoms with Crippen LogP contribution in [0.3, 0.4) is 0 Å². The van der Waals surface area contributed by atoms with Crippen molar-refractivity contribution >= 4 is 0 Å².